The van der Waals surface area contributed by atoms with Crippen LogP contribution in [0.3, 0.4) is 0 Å². The standard InChI is InChI=1S/C13H19NO4S/c1-18-10-5-3-9(4-6-10)11-12(19(2,16)17)13(11,7-14)8-15/h3-6,11-12,15H,7-8,14H2,1-2H3/t11-,12-,13-/m0/s1. The number of benzene rings is 1. The maximum Gasteiger partial charge on any atom is 0.151 e. The minimum Gasteiger partial charge on any atom is -0.497 e. The number of sulfone groups is 1. The molecular weight excluding hydrogens is 266 g/mol. The Bertz CT molecular complexity index is 549. The van der Waals surface area contributed by atoms with Gasteiger partial charge in [0.2, 0.25) is 0 Å². The summed E-state index contributed by atoms with van der Waals surface area (Å²) in [5.41, 5.74) is 5.82. The van der Waals surface area contributed by atoms with E-state index in [2.05, 4.69) is 0 Å². The van der Waals surface area contributed by atoms with Gasteiger partial charge in [-0.15, -0.1) is 0 Å². The van der Waals surface area contributed by atoms with Crippen molar-refractivity contribution in [3.63, 3.8) is 0 Å². The van der Waals surface area contributed by atoms with Gasteiger partial charge in [-0.25, -0.2) is 8.42 Å². The Morgan fingerprint density at radius 3 is 2.26 bits per heavy atom. The van der Waals surface area contributed by atoms with E-state index in [1.807, 2.05) is 12.1 Å². The van der Waals surface area contributed by atoms with Crippen molar-refractivity contribution in [1.82, 2.24) is 0 Å². The smallest absolute Gasteiger partial charge is 0.151 e. The number of methoxy groups -OCH3 is 1. The van der Waals surface area contributed by atoms with Crippen LogP contribution in [0.5, 0.6) is 5.75 Å². The molecule has 0 amide bonds. The Labute approximate surface area is 113 Å². The summed E-state index contributed by atoms with van der Waals surface area (Å²) < 4.78 is 28.8. The molecule has 106 valence electrons. The molecular formula is C13H19NO4S. The Balaban J connectivity index is 2.37. The molecule has 0 bridgehead atoms. The number of hydrogen-bond donors (Lipinski definition) is 2. The first-order valence-electron chi connectivity index (χ1n) is 6.04. The van der Waals surface area contributed by atoms with Crippen LogP contribution in [0.15, 0.2) is 24.3 Å². The summed E-state index contributed by atoms with van der Waals surface area (Å²) in [5.74, 6) is 0.464. The van der Waals surface area contributed by atoms with Crippen LogP contribution < -0.4 is 10.5 Å². The first kappa shape index (κ1) is 14.3. The van der Waals surface area contributed by atoms with E-state index < -0.39 is 20.5 Å². The van der Waals surface area contributed by atoms with Crippen molar-refractivity contribution in [2.45, 2.75) is 11.2 Å². The zero-order chi connectivity index (χ0) is 14.3. The average molecular weight is 285 g/mol. The summed E-state index contributed by atoms with van der Waals surface area (Å²) in [6, 6.07) is 7.22. The number of aliphatic hydroxyl groups excluding tert-OH is 1. The molecule has 1 aliphatic carbocycles. The molecule has 0 heterocycles. The largest absolute Gasteiger partial charge is 0.497 e. The summed E-state index contributed by atoms with van der Waals surface area (Å²) in [7, 11) is -1.67. The summed E-state index contributed by atoms with van der Waals surface area (Å²) in [6.45, 7) is -0.0735. The molecule has 0 unspecified atom stereocenters. The van der Waals surface area contributed by atoms with Gasteiger partial charge in [-0.2, -0.15) is 0 Å². The Morgan fingerprint density at radius 2 is 1.95 bits per heavy atom. The molecule has 0 aliphatic heterocycles. The highest BCUT2D eigenvalue weighted by Gasteiger charge is 2.68. The van der Waals surface area contributed by atoms with Gasteiger partial charge < -0.3 is 15.6 Å². The van der Waals surface area contributed by atoms with Crippen molar-refractivity contribution >= 4 is 9.84 Å². The predicted molar refractivity (Wildman–Crippen MR) is 72.9 cm³/mol. The van der Waals surface area contributed by atoms with Gasteiger partial charge in [0.15, 0.2) is 9.84 Å². The second kappa shape index (κ2) is 4.77. The van der Waals surface area contributed by atoms with Crippen LogP contribution in [-0.2, 0) is 9.84 Å². The lowest BCUT2D eigenvalue weighted by atomic mass is 10.00. The molecule has 0 saturated heterocycles. The van der Waals surface area contributed by atoms with Crippen molar-refractivity contribution in [2.75, 3.05) is 26.5 Å². The molecule has 3 N–H and O–H groups in total. The lowest BCUT2D eigenvalue weighted by Gasteiger charge is -2.11. The molecule has 1 saturated carbocycles. The molecule has 1 aromatic rings. The fourth-order valence-corrected chi connectivity index (χ4v) is 4.95. The van der Waals surface area contributed by atoms with E-state index in [4.69, 9.17) is 10.5 Å². The number of ether oxygens (including phenoxy) is 1. The fraction of sp³-hybridized carbons (Fsp3) is 0.538. The average Bonchev–Trinajstić information content (AvgIpc) is 3.09. The highest BCUT2D eigenvalue weighted by molar-refractivity contribution is 7.91. The van der Waals surface area contributed by atoms with Crippen molar-refractivity contribution in [3.8, 4) is 5.75 Å². The number of hydrogen-bond acceptors (Lipinski definition) is 5. The number of rotatable bonds is 5. The maximum atomic E-state index is 11.8. The van der Waals surface area contributed by atoms with E-state index in [-0.39, 0.29) is 19.1 Å². The Morgan fingerprint density at radius 1 is 1.37 bits per heavy atom. The summed E-state index contributed by atoms with van der Waals surface area (Å²) in [4.78, 5) is 0. The molecule has 2 rings (SSSR count). The van der Waals surface area contributed by atoms with Crippen LogP contribution in [0.25, 0.3) is 0 Å². The van der Waals surface area contributed by atoms with Gasteiger partial charge in [0.1, 0.15) is 5.75 Å². The molecule has 6 heteroatoms. The zero-order valence-corrected chi connectivity index (χ0v) is 11.9. The van der Waals surface area contributed by atoms with E-state index in [1.165, 1.54) is 6.26 Å². The van der Waals surface area contributed by atoms with Crippen LogP contribution in [-0.4, -0.2) is 45.3 Å². The van der Waals surface area contributed by atoms with Crippen molar-refractivity contribution in [1.29, 1.82) is 0 Å². The predicted octanol–water partition coefficient (Wildman–Crippen LogP) is 0.143. The molecule has 19 heavy (non-hydrogen) atoms. The molecule has 1 aromatic carbocycles. The van der Waals surface area contributed by atoms with Crippen molar-refractivity contribution in [3.05, 3.63) is 29.8 Å². The minimum atomic E-state index is -3.25. The summed E-state index contributed by atoms with van der Waals surface area (Å²) in [5, 5.41) is 8.95. The number of aliphatic hydroxyl groups is 1. The molecule has 5 nitrogen and oxygen atoms in total. The quantitative estimate of drug-likeness (QED) is 0.803. The van der Waals surface area contributed by atoms with E-state index in [0.717, 1.165) is 5.56 Å². The van der Waals surface area contributed by atoms with Crippen molar-refractivity contribution in [2.24, 2.45) is 11.1 Å². The highest BCUT2D eigenvalue weighted by atomic mass is 32.2. The van der Waals surface area contributed by atoms with Crippen molar-refractivity contribution < 1.29 is 18.3 Å². The lowest BCUT2D eigenvalue weighted by molar-refractivity contribution is 0.212. The van der Waals surface area contributed by atoms with E-state index in [1.54, 1.807) is 19.2 Å². The van der Waals surface area contributed by atoms with Crippen LogP contribution in [0.1, 0.15) is 11.5 Å². The lowest BCUT2D eigenvalue weighted by Crippen LogP contribution is -2.27. The topological polar surface area (TPSA) is 89.6 Å². The first-order chi connectivity index (χ1) is 8.90. The molecule has 1 fully saturated rings. The molecule has 0 radical (unpaired) electrons. The molecule has 1 aliphatic rings. The highest BCUT2D eigenvalue weighted by Crippen LogP contribution is 2.61. The van der Waals surface area contributed by atoms with Gasteiger partial charge in [-0.05, 0) is 17.7 Å². The van der Waals surface area contributed by atoms with Crippen LogP contribution >= 0.6 is 0 Å². The normalized spacial score (nSPS) is 30.1. The Kier molecular flexibility index (Phi) is 3.59. The first-order valence-corrected chi connectivity index (χ1v) is 8.00. The van der Waals surface area contributed by atoms with Gasteiger partial charge >= 0.3 is 0 Å². The van der Waals surface area contributed by atoms with E-state index in [0.29, 0.717) is 5.75 Å². The van der Waals surface area contributed by atoms with Crippen LogP contribution in [0, 0.1) is 5.41 Å². The van der Waals surface area contributed by atoms with Gasteiger partial charge in [-0.1, -0.05) is 12.1 Å². The maximum absolute atomic E-state index is 11.8. The van der Waals surface area contributed by atoms with Gasteiger partial charge in [0.05, 0.1) is 19.0 Å². The second-order valence-corrected chi connectivity index (χ2v) is 7.26. The van der Waals surface area contributed by atoms with Crippen LogP contribution in [0.2, 0.25) is 0 Å². The zero-order valence-electron chi connectivity index (χ0n) is 11.0. The fourth-order valence-electron chi connectivity index (χ4n) is 2.94. The van der Waals surface area contributed by atoms with E-state index in [9.17, 15) is 13.5 Å². The third kappa shape index (κ3) is 2.24. The molecule has 0 aromatic heterocycles. The minimum absolute atomic E-state index is 0.151. The summed E-state index contributed by atoms with van der Waals surface area (Å²) in [6.07, 6.45) is 1.20. The third-order valence-electron chi connectivity index (χ3n) is 3.99. The van der Waals surface area contributed by atoms with Crippen LogP contribution in [0.4, 0.5) is 0 Å². The monoisotopic (exact) mass is 285 g/mol. The Hall–Kier alpha value is -1.11. The van der Waals surface area contributed by atoms with Gasteiger partial charge in [0, 0.05) is 24.1 Å². The van der Waals surface area contributed by atoms with E-state index >= 15 is 0 Å². The van der Waals surface area contributed by atoms with Gasteiger partial charge in [-0.3, -0.25) is 0 Å². The summed E-state index contributed by atoms with van der Waals surface area (Å²) >= 11 is 0. The molecule has 0 spiro atoms. The molecule has 3 atom stereocenters. The number of nitrogens with two attached hydrogens (primary N) is 1. The second-order valence-electron chi connectivity index (χ2n) is 5.10. The van der Waals surface area contributed by atoms with Gasteiger partial charge in [0.25, 0.3) is 0 Å². The third-order valence-corrected chi connectivity index (χ3v) is 5.65. The SMILES string of the molecule is COc1ccc([C@H]2[C@H](S(C)(=O)=O)[C@@]2(CN)CO)cc1.